The van der Waals surface area contributed by atoms with E-state index in [4.69, 9.17) is 5.73 Å². The van der Waals surface area contributed by atoms with Crippen molar-refractivity contribution in [3.63, 3.8) is 0 Å². The number of nitro groups is 1. The monoisotopic (exact) mass is 240 g/mol. The van der Waals surface area contributed by atoms with Crippen LogP contribution in [0.5, 0.6) is 0 Å². The van der Waals surface area contributed by atoms with Gasteiger partial charge in [-0.15, -0.1) is 11.8 Å². The van der Waals surface area contributed by atoms with Crippen molar-refractivity contribution in [3.05, 3.63) is 34.4 Å². The molecule has 0 spiro atoms. The maximum Gasteiger partial charge on any atom is 0.282 e. The normalized spacial score (nSPS) is 12.4. The quantitative estimate of drug-likeness (QED) is 0.471. The van der Waals surface area contributed by atoms with Gasteiger partial charge in [0.1, 0.15) is 0 Å². The molecular weight excluding hydrogens is 224 g/mol. The highest BCUT2D eigenvalue weighted by atomic mass is 32.2. The maximum absolute atomic E-state index is 10.8. The Kier molecular flexibility index (Phi) is 5.28. The third kappa shape index (κ3) is 3.83. The zero-order valence-corrected chi connectivity index (χ0v) is 10.1. The number of benzene rings is 1. The molecule has 0 aliphatic carbocycles. The third-order valence-corrected chi connectivity index (χ3v) is 3.43. The number of para-hydroxylation sites is 1. The van der Waals surface area contributed by atoms with E-state index in [-0.39, 0.29) is 16.7 Å². The Bertz CT molecular complexity index is 358. The molecule has 0 bridgehead atoms. The third-order valence-electron chi connectivity index (χ3n) is 2.17. The maximum atomic E-state index is 10.8. The minimum atomic E-state index is -0.353. The Morgan fingerprint density at radius 2 is 2.19 bits per heavy atom. The fourth-order valence-electron chi connectivity index (χ4n) is 1.38. The molecule has 0 heterocycles. The molecule has 0 amide bonds. The second kappa shape index (κ2) is 6.50. The predicted octanol–water partition coefficient (Wildman–Crippen LogP) is 2.81. The largest absolute Gasteiger partial charge is 0.327 e. The average Bonchev–Trinajstić information content (AvgIpc) is 2.27. The second-order valence-corrected chi connectivity index (χ2v) is 4.65. The number of hydrogen-bond donors (Lipinski definition) is 1. The van der Waals surface area contributed by atoms with E-state index in [1.165, 1.54) is 17.8 Å². The summed E-state index contributed by atoms with van der Waals surface area (Å²) >= 11 is 1.46. The summed E-state index contributed by atoms with van der Waals surface area (Å²) in [6.07, 6.45) is 1.99. The zero-order chi connectivity index (χ0) is 12.0. The average molecular weight is 240 g/mol. The summed E-state index contributed by atoms with van der Waals surface area (Å²) in [7, 11) is 0. The van der Waals surface area contributed by atoms with Crippen LogP contribution in [0.2, 0.25) is 0 Å². The molecule has 16 heavy (non-hydrogen) atoms. The van der Waals surface area contributed by atoms with Gasteiger partial charge < -0.3 is 5.73 Å². The van der Waals surface area contributed by atoms with Crippen molar-refractivity contribution >= 4 is 17.4 Å². The number of nitro benzene ring substituents is 1. The van der Waals surface area contributed by atoms with Crippen LogP contribution in [0.1, 0.15) is 19.8 Å². The lowest BCUT2D eigenvalue weighted by atomic mass is 10.2. The molecule has 1 aromatic carbocycles. The lowest BCUT2D eigenvalue weighted by Gasteiger charge is -2.09. The highest BCUT2D eigenvalue weighted by Gasteiger charge is 2.13. The van der Waals surface area contributed by atoms with Gasteiger partial charge in [0.25, 0.3) is 5.69 Å². The van der Waals surface area contributed by atoms with Crippen molar-refractivity contribution < 1.29 is 4.92 Å². The van der Waals surface area contributed by atoms with Crippen LogP contribution in [0.25, 0.3) is 0 Å². The van der Waals surface area contributed by atoms with Crippen LogP contribution in [0.15, 0.2) is 29.2 Å². The van der Waals surface area contributed by atoms with Gasteiger partial charge in [-0.3, -0.25) is 10.1 Å². The van der Waals surface area contributed by atoms with E-state index in [2.05, 4.69) is 6.92 Å². The summed E-state index contributed by atoms with van der Waals surface area (Å²) in [6.45, 7) is 2.08. The first kappa shape index (κ1) is 13.0. The highest BCUT2D eigenvalue weighted by Crippen LogP contribution is 2.29. The van der Waals surface area contributed by atoms with Crippen molar-refractivity contribution in [2.45, 2.75) is 30.7 Å². The van der Waals surface area contributed by atoms with Crippen molar-refractivity contribution in [3.8, 4) is 0 Å². The van der Waals surface area contributed by atoms with Gasteiger partial charge in [0.15, 0.2) is 0 Å². The van der Waals surface area contributed by atoms with E-state index in [0.29, 0.717) is 4.90 Å². The zero-order valence-electron chi connectivity index (χ0n) is 9.26. The second-order valence-electron chi connectivity index (χ2n) is 3.58. The van der Waals surface area contributed by atoms with Crippen molar-refractivity contribution in [2.24, 2.45) is 5.73 Å². The van der Waals surface area contributed by atoms with Crippen molar-refractivity contribution in [1.82, 2.24) is 0 Å². The van der Waals surface area contributed by atoms with Gasteiger partial charge in [-0.1, -0.05) is 25.5 Å². The van der Waals surface area contributed by atoms with Crippen molar-refractivity contribution in [2.75, 3.05) is 5.75 Å². The molecule has 4 nitrogen and oxygen atoms in total. The number of nitrogens with zero attached hydrogens (tertiary/aromatic N) is 1. The molecule has 1 rings (SSSR count). The first-order valence-electron chi connectivity index (χ1n) is 5.27. The summed E-state index contributed by atoms with van der Waals surface area (Å²) in [5, 5.41) is 10.8. The summed E-state index contributed by atoms with van der Waals surface area (Å²) < 4.78 is 0. The Morgan fingerprint density at radius 1 is 1.50 bits per heavy atom. The molecular formula is C11H16N2O2S. The topological polar surface area (TPSA) is 69.2 Å². The molecule has 2 N–H and O–H groups in total. The molecule has 0 aromatic heterocycles. The van der Waals surface area contributed by atoms with Gasteiger partial charge in [-0.05, 0) is 12.5 Å². The number of hydrogen-bond acceptors (Lipinski definition) is 4. The highest BCUT2D eigenvalue weighted by molar-refractivity contribution is 7.99. The van der Waals surface area contributed by atoms with Gasteiger partial charge in [0.2, 0.25) is 0 Å². The number of rotatable bonds is 6. The number of thioether (sulfide) groups is 1. The van der Waals surface area contributed by atoms with Crippen LogP contribution in [-0.2, 0) is 0 Å². The van der Waals surface area contributed by atoms with E-state index in [1.54, 1.807) is 18.2 Å². The Morgan fingerprint density at radius 3 is 2.81 bits per heavy atom. The molecule has 5 heteroatoms. The predicted molar refractivity (Wildman–Crippen MR) is 66.7 cm³/mol. The Labute approximate surface area is 99.4 Å². The first-order valence-corrected chi connectivity index (χ1v) is 6.25. The van der Waals surface area contributed by atoms with E-state index in [0.717, 1.165) is 18.6 Å². The fraction of sp³-hybridized carbons (Fsp3) is 0.455. The SMILES string of the molecule is CCCC(N)CSc1ccccc1[N+](=O)[O-]. The molecule has 0 saturated carbocycles. The van der Waals surface area contributed by atoms with Gasteiger partial charge in [0, 0.05) is 17.9 Å². The Hall–Kier alpha value is -1.07. The first-order chi connectivity index (χ1) is 7.65. The molecule has 0 aliphatic rings. The van der Waals surface area contributed by atoms with Gasteiger partial charge >= 0.3 is 0 Å². The van der Waals surface area contributed by atoms with Crippen molar-refractivity contribution in [1.29, 1.82) is 0 Å². The van der Waals surface area contributed by atoms with E-state index < -0.39 is 0 Å². The van der Waals surface area contributed by atoms with Crippen LogP contribution in [0, 0.1) is 10.1 Å². The van der Waals surface area contributed by atoms with Gasteiger partial charge in [-0.2, -0.15) is 0 Å². The molecule has 1 unspecified atom stereocenters. The molecule has 0 radical (unpaired) electrons. The molecule has 1 atom stereocenters. The summed E-state index contributed by atoms with van der Waals surface area (Å²) in [5.74, 6) is 0.721. The van der Waals surface area contributed by atoms with E-state index in [1.807, 2.05) is 0 Å². The molecule has 88 valence electrons. The summed E-state index contributed by atoms with van der Waals surface area (Å²) in [6, 6.07) is 6.87. The van der Waals surface area contributed by atoms with Crippen LogP contribution in [0.4, 0.5) is 5.69 Å². The van der Waals surface area contributed by atoms with Crippen LogP contribution >= 0.6 is 11.8 Å². The van der Waals surface area contributed by atoms with Gasteiger partial charge in [-0.25, -0.2) is 0 Å². The standard InChI is InChI=1S/C11H16N2O2S/c1-2-5-9(12)8-16-11-7-4-3-6-10(11)13(14)15/h3-4,6-7,9H,2,5,8,12H2,1H3. The molecule has 0 saturated heterocycles. The smallest absolute Gasteiger partial charge is 0.282 e. The minimum absolute atomic E-state index is 0.106. The van der Waals surface area contributed by atoms with E-state index in [9.17, 15) is 10.1 Å². The minimum Gasteiger partial charge on any atom is -0.327 e. The summed E-state index contributed by atoms with van der Waals surface area (Å²) in [4.78, 5) is 11.1. The molecule has 1 aromatic rings. The van der Waals surface area contributed by atoms with Crippen LogP contribution in [0.3, 0.4) is 0 Å². The lowest BCUT2D eigenvalue weighted by molar-refractivity contribution is -0.387. The van der Waals surface area contributed by atoms with Crippen LogP contribution < -0.4 is 5.73 Å². The number of nitrogens with two attached hydrogens (primary N) is 1. The lowest BCUT2D eigenvalue weighted by Crippen LogP contribution is -2.22. The molecule has 0 fully saturated rings. The fourth-order valence-corrected chi connectivity index (χ4v) is 2.41. The molecule has 0 aliphatic heterocycles. The van der Waals surface area contributed by atoms with E-state index >= 15 is 0 Å². The van der Waals surface area contributed by atoms with Crippen LogP contribution in [-0.4, -0.2) is 16.7 Å². The Balaban J connectivity index is 2.63. The summed E-state index contributed by atoms with van der Waals surface area (Å²) in [5.41, 5.74) is 6.03. The van der Waals surface area contributed by atoms with Gasteiger partial charge in [0.05, 0.1) is 9.82 Å².